The molecule has 5 rings (SSSR count). The Kier molecular flexibility index (Phi) is 19.1. The molecule has 1 aliphatic heterocycles. The van der Waals surface area contributed by atoms with E-state index in [2.05, 4.69) is 84.8 Å². The number of amides is 2. The first-order valence-electron chi connectivity index (χ1n) is 21.9. The van der Waals surface area contributed by atoms with E-state index in [0.29, 0.717) is 13.1 Å². The Bertz CT molecular complexity index is 1680. The molecule has 57 heavy (non-hydrogen) atoms. The third-order valence-electron chi connectivity index (χ3n) is 11.4. The lowest BCUT2D eigenvalue weighted by Crippen LogP contribution is -2.45. The van der Waals surface area contributed by atoms with Crippen LogP contribution in [0.15, 0.2) is 103 Å². The molecule has 4 aromatic carbocycles. The number of carbonyl (C=O) groups is 1. The monoisotopic (exact) mass is 776 g/mol. The molecule has 0 radical (unpaired) electrons. The van der Waals surface area contributed by atoms with E-state index in [1.54, 1.807) is 0 Å². The van der Waals surface area contributed by atoms with Crippen molar-refractivity contribution in [1.82, 2.24) is 15.5 Å². The summed E-state index contributed by atoms with van der Waals surface area (Å²) in [4.78, 5) is 15.2. The zero-order valence-electron chi connectivity index (χ0n) is 35.0. The number of aliphatic hydroxyl groups is 1. The number of aliphatic hydroxyl groups excluding tert-OH is 1. The first-order valence-corrected chi connectivity index (χ1v) is 21.9. The molecule has 1 saturated heterocycles. The van der Waals surface area contributed by atoms with Crippen LogP contribution in [-0.2, 0) is 29.2 Å². The van der Waals surface area contributed by atoms with Crippen LogP contribution in [0.25, 0.3) is 11.1 Å². The van der Waals surface area contributed by atoms with Gasteiger partial charge in [0.05, 0.1) is 18.8 Å². The van der Waals surface area contributed by atoms with Crippen molar-refractivity contribution in [3.05, 3.63) is 131 Å². The molecule has 2 amide bonds. The largest absolute Gasteiger partial charge is 0.392 e. The second-order valence-corrected chi connectivity index (χ2v) is 16.0. The highest BCUT2D eigenvalue weighted by molar-refractivity contribution is 5.74. The summed E-state index contributed by atoms with van der Waals surface area (Å²) in [6.07, 6.45) is 14.9. The lowest BCUT2D eigenvalue weighted by atomic mass is 9.89. The minimum Gasteiger partial charge on any atom is -0.392 e. The second kappa shape index (κ2) is 24.7. The molecule has 4 atom stereocenters. The highest BCUT2D eigenvalue weighted by Crippen LogP contribution is 2.42. The van der Waals surface area contributed by atoms with Gasteiger partial charge in [0.1, 0.15) is 0 Å². The molecule has 1 aliphatic rings. The van der Waals surface area contributed by atoms with Crippen LogP contribution < -0.4 is 10.6 Å². The Labute approximate surface area is 343 Å². The molecule has 3 N–H and O–H groups in total. The molecular weight excluding hydrogens is 707 g/mol. The van der Waals surface area contributed by atoms with Gasteiger partial charge >= 0.3 is 6.03 Å². The van der Waals surface area contributed by atoms with Gasteiger partial charge in [0.15, 0.2) is 6.29 Å². The topological polar surface area (TPSA) is 83.1 Å². The molecule has 0 unspecified atom stereocenters. The highest BCUT2D eigenvalue weighted by atomic mass is 16.7. The van der Waals surface area contributed by atoms with Crippen LogP contribution >= 0.6 is 0 Å². The predicted molar refractivity (Wildman–Crippen MR) is 234 cm³/mol. The van der Waals surface area contributed by atoms with Gasteiger partial charge < -0.3 is 30.1 Å². The van der Waals surface area contributed by atoms with Crippen molar-refractivity contribution >= 4 is 6.03 Å². The fourth-order valence-corrected chi connectivity index (χ4v) is 7.83. The first kappa shape index (κ1) is 44.1. The highest BCUT2D eigenvalue weighted by Gasteiger charge is 2.39. The van der Waals surface area contributed by atoms with Crippen LogP contribution in [0.4, 0.5) is 4.79 Å². The molecule has 0 aromatic heterocycles. The third-order valence-corrected chi connectivity index (χ3v) is 11.4. The van der Waals surface area contributed by atoms with Crippen LogP contribution in [0.5, 0.6) is 0 Å². The summed E-state index contributed by atoms with van der Waals surface area (Å²) in [5.41, 5.74) is 7.29. The molecule has 308 valence electrons. The SMILES string of the molecule is CCCCCCCCN(CCCCCCCC)C[C@H]1O[C@@H](c2ccc(-c3cccc(CNC(=O)NCc4ccccc4)c3)cc2)O[C@@H](c2ccc(CO)cc2)[C@H]1C. The summed E-state index contributed by atoms with van der Waals surface area (Å²) in [7, 11) is 0. The normalized spacial score (nSPS) is 18.1. The number of carbonyl (C=O) groups excluding carboxylic acids is 1. The van der Waals surface area contributed by atoms with Gasteiger partial charge in [-0.15, -0.1) is 0 Å². The number of nitrogens with zero attached hydrogens (tertiary/aromatic N) is 1. The van der Waals surface area contributed by atoms with E-state index >= 15 is 0 Å². The molecule has 7 heteroatoms. The van der Waals surface area contributed by atoms with Crippen LogP contribution in [0, 0.1) is 5.92 Å². The van der Waals surface area contributed by atoms with Crippen molar-refractivity contribution in [3.63, 3.8) is 0 Å². The van der Waals surface area contributed by atoms with Crippen molar-refractivity contribution in [1.29, 1.82) is 0 Å². The number of rotatable bonds is 24. The minimum atomic E-state index is -0.502. The number of benzene rings is 4. The van der Waals surface area contributed by atoms with Gasteiger partial charge in [-0.1, -0.05) is 182 Å². The summed E-state index contributed by atoms with van der Waals surface area (Å²) in [6.45, 7) is 10.9. The number of hydrogen-bond acceptors (Lipinski definition) is 5. The summed E-state index contributed by atoms with van der Waals surface area (Å²) < 4.78 is 13.8. The quantitative estimate of drug-likeness (QED) is 0.0618. The Morgan fingerprint density at radius 3 is 1.82 bits per heavy atom. The minimum absolute atomic E-state index is 0.000187. The predicted octanol–water partition coefficient (Wildman–Crippen LogP) is 11.7. The maximum atomic E-state index is 12.5. The van der Waals surface area contributed by atoms with E-state index in [1.807, 2.05) is 54.6 Å². The average molecular weight is 776 g/mol. The molecule has 1 heterocycles. The summed E-state index contributed by atoms with van der Waals surface area (Å²) in [6, 6.07) is 34.8. The maximum Gasteiger partial charge on any atom is 0.315 e. The maximum absolute atomic E-state index is 12.5. The Balaban J connectivity index is 1.26. The van der Waals surface area contributed by atoms with Gasteiger partial charge in [-0.2, -0.15) is 0 Å². The molecule has 1 fully saturated rings. The summed E-state index contributed by atoms with van der Waals surface area (Å²) >= 11 is 0. The van der Waals surface area contributed by atoms with Gasteiger partial charge in [0.25, 0.3) is 0 Å². The molecule has 0 bridgehead atoms. The van der Waals surface area contributed by atoms with Gasteiger partial charge in [0.2, 0.25) is 0 Å². The number of unbranched alkanes of at least 4 members (excludes halogenated alkanes) is 10. The van der Waals surface area contributed by atoms with Gasteiger partial charge in [0, 0.05) is 31.1 Å². The Morgan fingerprint density at radius 2 is 1.19 bits per heavy atom. The molecule has 0 spiro atoms. The van der Waals surface area contributed by atoms with E-state index in [-0.39, 0.29) is 30.8 Å². The Morgan fingerprint density at radius 1 is 0.614 bits per heavy atom. The third kappa shape index (κ3) is 14.7. The van der Waals surface area contributed by atoms with Gasteiger partial charge in [-0.3, -0.25) is 0 Å². The van der Waals surface area contributed by atoms with Crippen LogP contribution in [0.3, 0.4) is 0 Å². The van der Waals surface area contributed by atoms with Gasteiger partial charge in [-0.25, -0.2) is 4.79 Å². The van der Waals surface area contributed by atoms with E-state index in [0.717, 1.165) is 58.6 Å². The lowest BCUT2D eigenvalue weighted by Gasteiger charge is -2.43. The fraction of sp³-hybridized carbons (Fsp3) is 0.500. The standard InChI is InChI=1S/C50H69N3O4/c1-4-6-8-10-12-17-32-53(33-18-13-11-9-7-5-2)37-47-39(3)48(44-26-24-41(38-54)25-27-44)57-49(56-47)45-30-28-43(29-31-45)46-23-19-22-42(34-46)36-52-50(55)51-35-40-20-15-14-16-21-40/h14-16,19-31,34,39,47-49,54H,4-13,17-18,32-33,35-38H2,1-3H3,(H2,51,52,55)/t39-,47+,48+,49+/m0/s1. The van der Waals surface area contributed by atoms with Crippen molar-refractivity contribution < 1.29 is 19.4 Å². The number of urea groups is 1. The van der Waals surface area contributed by atoms with Crippen LogP contribution in [0.1, 0.15) is 138 Å². The van der Waals surface area contributed by atoms with Gasteiger partial charge in [-0.05, 0) is 65.4 Å². The first-order chi connectivity index (χ1) is 28.0. The van der Waals surface area contributed by atoms with Crippen molar-refractivity contribution in [2.45, 2.75) is 136 Å². The molecule has 7 nitrogen and oxygen atoms in total. The number of hydrogen-bond donors (Lipinski definition) is 3. The summed E-state index contributed by atoms with van der Waals surface area (Å²) in [5, 5.41) is 15.7. The molecule has 0 aliphatic carbocycles. The number of nitrogens with one attached hydrogen (secondary N) is 2. The molecule has 0 saturated carbocycles. The van der Waals surface area contributed by atoms with E-state index in [9.17, 15) is 9.90 Å². The molecular formula is C50H69N3O4. The fourth-order valence-electron chi connectivity index (χ4n) is 7.83. The zero-order valence-corrected chi connectivity index (χ0v) is 35.0. The lowest BCUT2D eigenvalue weighted by molar-refractivity contribution is -0.276. The zero-order chi connectivity index (χ0) is 40.1. The van der Waals surface area contributed by atoms with E-state index in [1.165, 1.54) is 77.0 Å². The van der Waals surface area contributed by atoms with Crippen LogP contribution in [0.2, 0.25) is 0 Å². The van der Waals surface area contributed by atoms with Crippen molar-refractivity contribution in [2.75, 3.05) is 19.6 Å². The summed E-state index contributed by atoms with van der Waals surface area (Å²) in [5.74, 6) is 0.147. The van der Waals surface area contributed by atoms with Crippen LogP contribution in [-0.4, -0.2) is 41.8 Å². The number of ether oxygens (including phenoxy) is 2. The van der Waals surface area contributed by atoms with Crippen molar-refractivity contribution in [3.8, 4) is 11.1 Å². The van der Waals surface area contributed by atoms with E-state index < -0.39 is 6.29 Å². The second-order valence-electron chi connectivity index (χ2n) is 16.0. The van der Waals surface area contributed by atoms with E-state index in [4.69, 9.17) is 9.47 Å². The Hall–Kier alpha value is -4.01. The average Bonchev–Trinajstić information content (AvgIpc) is 3.25. The van der Waals surface area contributed by atoms with Crippen molar-refractivity contribution in [2.24, 2.45) is 5.92 Å². The molecule has 4 aromatic rings. The smallest absolute Gasteiger partial charge is 0.315 e.